The van der Waals surface area contributed by atoms with Gasteiger partial charge in [0.2, 0.25) is 6.20 Å². The highest BCUT2D eigenvalue weighted by Gasteiger charge is 2.11. The predicted octanol–water partition coefficient (Wildman–Crippen LogP) is 4.24. The molecule has 6 heteroatoms. The van der Waals surface area contributed by atoms with Crippen LogP contribution < -0.4 is 9.47 Å². The standard InChI is InChI=1S/C17H17NO4S/c1-21-15-11-17(23-12-13-6-4-3-5-7-13)16(22-2)10-14(15)8-9-18(19)20/h3-11H,12H2,1-2H3. The lowest BCUT2D eigenvalue weighted by molar-refractivity contribution is -0.400. The fraction of sp³-hybridized carbons (Fsp3) is 0.176. The van der Waals surface area contributed by atoms with Crippen LogP contribution in [0.3, 0.4) is 0 Å². The van der Waals surface area contributed by atoms with Crippen LogP contribution in [0.4, 0.5) is 0 Å². The maximum absolute atomic E-state index is 10.5. The van der Waals surface area contributed by atoms with E-state index in [-0.39, 0.29) is 0 Å². The van der Waals surface area contributed by atoms with E-state index in [1.54, 1.807) is 24.9 Å². The average Bonchev–Trinajstić information content (AvgIpc) is 2.58. The number of hydrogen-bond donors (Lipinski definition) is 0. The SMILES string of the molecule is COc1cc(SCc2ccccc2)c(OC)cc1C=C[N+](=O)[O-]. The Kier molecular flexibility index (Phi) is 6.05. The van der Waals surface area contributed by atoms with Crippen LogP contribution >= 0.6 is 11.8 Å². The molecule has 0 fully saturated rings. The quantitative estimate of drug-likeness (QED) is 0.431. The van der Waals surface area contributed by atoms with Crippen LogP contribution in [0.5, 0.6) is 11.5 Å². The van der Waals surface area contributed by atoms with Gasteiger partial charge < -0.3 is 9.47 Å². The highest BCUT2D eigenvalue weighted by Crippen LogP contribution is 2.37. The van der Waals surface area contributed by atoms with Crippen molar-refractivity contribution in [1.29, 1.82) is 0 Å². The Morgan fingerprint density at radius 3 is 2.43 bits per heavy atom. The van der Waals surface area contributed by atoms with Crippen molar-refractivity contribution in [1.82, 2.24) is 0 Å². The molecule has 0 aliphatic carbocycles. The number of methoxy groups -OCH3 is 2. The Bertz CT molecular complexity index is 701. The highest BCUT2D eigenvalue weighted by molar-refractivity contribution is 7.98. The number of ether oxygens (including phenoxy) is 2. The molecule has 0 atom stereocenters. The molecule has 5 nitrogen and oxygen atoms in total. The molecule has 23 heavy (non-hydrogen) atoms. The average molecular weight is 331 g/mol. The Morgan fingerprint density at radius 2 is 1.83 bits per heavy atom. The summed E-state index contributed by atoms with van der Waals surface area (Å²) in [5.41, 5.74) is 1.81. The third kappa shape index (κ3) is 4.75. The first-order chi connectivity index (χ1) is 11.1. The molecular formula is C17H17NO4S. The van der Waals surface area contributed by atoms with Gasteiger partial charge in [-0.15, -0.1) is 11.8 Å². The van der Waals surface area contributed by atoms with Crippen molar-refractivity contribution in [3.8, 4) is 11.5 Å². The van der Waals surface area contributed by atoms with E-state index in [0.717, 1.165) is 16.8 Å². The molecule has 0 heterocycles. The van der Waals surface area contributed by atoms with E-state index in [9.17, 15) is 10.1 Å². The van der Waals surface area contributed by atoms with Gasteiger partial charge in [0, 0.05) is 17.4 Å². The van der Waals surface area contributed by atoms with Crippen molar-refractivity contribution in [2.45, 2.75) is 10.6 Å². The van der Waals surface area contributed by atoms with Gasteiger partial charge >= 0.3 is 0 Å². The zero-order chi connectivity index (χ0) is 16.7. The molecular weight excluding hydrogens is 314 g/mol. The number of thioether (sulfide) groups is 1. The summed E-state index contributed by atoms with van der Waals surface area (Å²) in [7, 11) is 3.12. The first-order valence-electron chi connectivity index (χ1n) is 6.88. The highest BCUT2D eigenvalue weighted by atomic mass is 32.2. The van der Waals surface area contributed by atoms with Crippen molar-refractivity contribution < 1.29 is 14.4 Å². The molecule has 0 saturated carbocycles. The summed E-state index contributed by atoms with van der Waals surface area (Å²) in [5.74, 6) is 2.03. The van der Waals surface area contributed by atoms with Gasteiger partial charge in [-0.25, -0.2) is 0 Å². The molecule has 0 aliphatic rings. The van der Waals surface area contributed by atoms with Crippen LogP contribution in [-0.2, 0) is 5.75 Å². The molecule has 0 radical (unpaired) electrons. The summed E-state index contributed by atoms with van der Waals surface area (Å²) in [6, 6.07) is 13.7. The lowest BCUT2D eigenvalue weighted by Gasteiger charge is -2.12. The van der Waals surface area contributed by atoms with E-state index in [1.807, 2.05) is 24.3 Å². The van der Waals surface area contributed by atoms with E-state index in [1.165, 1.54) is 18.7 Å². The number of nitro groups is 1. The molecule has 2 aromatic rings. The summed E-state index contributed by atoms with van der Waals surface area (Å²) in [6.07, 6.45) is 2.28. The first kappa shape index (κ1) is 16.9. The van der Waals surface area contributed by atoms with Crippen LogP contribution in [-0.4, -0.2) is 19.1 Å². The largest absolute Gasteiger partial charge is 0.496 e. The fourth-order valence-corrected chi connectivity index (χ4v) is 3.00. The molecule has 0 unspecified atom stereocenters. The maximum Gasteiger partial charge on any atom is 0.235 e. The lowest BCUT2D eigenvalue weighted by atomic mass is 10.2. The van der Waals surface area contributed by atoms with Crippen LogP contribution in [0.1, 0.15) is 11.1 Å². The Morgan fingerprint density at radius 1 is 1.13 bits per heavy atom. The minimum atomic E-state index is -0.510. The van der Waals surface area contributed by atoms with Gasteiger partial charge in [-0.05, 0) is 17.7 Å². The Hall–Kier alpha value is -2.47. The summed E-state index contributed by atoms with van der Waals surface area (Å²) in [5, 5.41) is 10.5. The van der Waals surface area contributed by atoms with Crippen molar-refractivity contribution in [3.05, 3.63) is 69.9 Å². The number of rotatable bonds is 7. The van der Waals surface area contributed by atoms with Gasteiger partial charge in [0.05, 0.1) is 24.0 Å². The third-order valence-electron chi connectivity index (χ3n) is 3.13. The van der Waals surface area contributed by atoms with Gasteiger partial charge in [0.1, 0.15) is 11.5 Å². The molecule has 0 spiro atoms. The molecule has 0 bridgehead atoms. The summed E-state index contributed by atoms with van der Waals surface area (Å²) in [4.78, 5) is 10.9. The zero-order valence-electron chi connectivity index (χ0n) is 12.9. The van der Waals surface area contributed by atoms with Gasteiger partial charge in [-0.2, -0.15) is 0 Å². The predicted molar refractivity (Wildman–Crippen MR) is 91.6 cm³/mol. The van der Waals surface area contributed by atoms with Crippen molar-refractivity contribution in [2.24, 2.45) is 0 Å². The first-order valence-corrected chi connectivity index (χ1v) is 7.87. The number of nitrogens with zero attached hydrogens (tertiary/aromatic N) is 1. The van der Waals surface area contributed by atoms with Crippen LogP contribution in [0.25, 0.3) is 6.08 Å². The number of hydrogen-bond acceptors (Lipinski definition) is 5. The minimum Gasteiger partial charge on any atom is -0.496 e. The zero-order valence-corrected chi connectivity index (χ0v) is 13.7. The lowest BCUT2D eigenvalue weighted by Crippen LogP contribution is -1.93. The van der Waals surface area contributed by atoms with Crippen molar-refractivity contribution in [3.63, 3.8) is 0 Å². The summed E-state index contributed by atoms with van der Waals surface area (Å²) >= 11 is 1.62. The molecule has 0 saturated heterocycles. The van der Waals surface area contributed by atoms with E-state index in [4.69, 9.17) is 9.47 Å². The van der Waals surface area contributed by atoms with E-state index in [2.05, 4.69) is 12.1 Å². The summed E-state index contributed by atoms with van der Waals surface area (Å²) in [6.45, 7) is 0. The van der Waals surface area contributed by atoms with Gasteiger partial charge in [-0.1, -0.05) is 30.3 Å². The van der Waals surface area contributed by atoms with Crippen LogP contribution in [0.15, 0.2) is 53.6 Å². The van der Waals surface area contributed by atoms with Gasteiger partial charge in [-0.3, -0.25) is 10.1 Å². The second-order valence-electron chi connectivity index (χ2n) is 4.62. The monoisotopic (exact) mass is 331 g/mol. The second-order valence-corrected chi connectivity index (χ2v) is 5.64. The van der Waals surface area contributed by atoms with Crippen LogP contribution in [0.2, 0.25) is 0 Å². The maximum atomic E-state index is 10.5. The van der Waals surface area contributed by atoms with Gasteiger partial charge in [0.15, 0.2) is 0 Å². The van der Waals surface area contributed by atoms with Gasteiger partial charge in [0.25, 0.3) is 0 Å². The van der Waals surface area contributed by atoms with E-state index < -0.39 is 4.92 Å². The normalized spacial score (nSPS) is 10.7. The number of benzene rings is 2. The topological polar surface area (TPSA) is 61.6 Å². The molecule has 120 valence electrons. The summed E-state index contributed by atoms with van der Waals surface area (Å²) < 4.78 is 10.7. The Labute approximate surface area is 139 Å². The molecule has 0 N–H and O–H groups in total. The molecule has 0 aliphatic heterocycles. The van der Waals surface area contributed by atoms with E-state index >= 15 is 0 Å². The molecule has 2 aromatic carbocycles. The minimum absolute atomic E-state index is 0.510. The third-order valence-corrected chi connectivity index (χ3v) is 4.24. The molecule has 0 aromatic heterocycles. The van der Waals surface area contributed by atoms with Crippen molar-refractivity contribution >= 4 is 17.8 Å². The van der Waals surface area contributed by atoms with Crippen molar-refractivity contribution in [2.75, 3.05) is 14.2 Å². The molecule has 2 rings (SSSR count). The van der Waals surface area contributed by atoms with E-state index in [0.29, 0.717) is 17.1 Å². The second kappa shape index (κ2) is 8.24. The Balaban J connectivity index is 2.26. The smallest absolute Gasteiger partial charge is 0.235 e. The fourth-order valence-electron chi connectivity index (χ4n) is 2.01. The molecule has 0 amide bonds. The van der Waals surface area contributed by atoms with Crippen LogP contribution in [0, 0.1) is 10.1 Å².